The molecule has 80 valence electrons. The molecule has 4 heteroatoms. The molecular weight excluding hydrogens is 194 g/mol. The highest BCUT2D eigenvalue weighted by molar-refractivity contribution is 5.93. The van der Waals surface area contributed by atoms with Crippen LogP contribution in [-0.4, -0.2) is 19.0 Å². The lowest BCUT2D eigenvalue weighted by atomic mass is 10.1. The molecule has 0 fully saturated rings. The Hall–Kier alpha value is -1.84. The van der Waals surface area contributed by atoms with Gasteiger partial charge in [0.05, 0.1) is 12.3 Å². The molecule has 0 aromatic heterocycles. The van der Waals surface area contributed by atoms with Crippen LogP contribution in [-0.2, 0) is 4.74 Å². The van der Waals surface area contributed by atoms with Crippen LogP contribution in [0.25, 0.3) is 0 Å². The summed E-state index contributed by atoms with van der Waals surface area (Å²) in [6, 6.07) is 5.19. The van der Waals surface area contributed by atoms with Crippen LogP contribution in [0.3, 0.4) is 0 Å². The average Bonchev–Trinajstić information content (AvgIpc) is 2.21. The van der Waals surface area contributed by atoms with E-state index < -0.39 is 6.09 Å². The van der Waals surface area contributed by atoms with Crippen LogP contribution in [0.1, 0.15) is 22.8 Å². The lowest BCUT2D eigenvalue weighted by Gasteiger charge is -2.07. The summed E-state index contributed by atoms with van der Waals surface area (Å²) in [5.74, 6) is 0. The van der Waals surface area contributed by atoms with Crippen molar-refractivity contribution in [3.05, 3.63) is 29.3 Å². The van der Waals surface area contributed by atoms with E-state index in [2.05, 4.69) is 5.32 Å². The highest BCUT2D eigenvalue weighted by Crippen LogP contribution is 2.15. The first-order valence-electron chi connectivity index (χ1n) is 4.67. The van der Waals surface area contributed by atoms with Gasteiger partial charge in [-0.1, -0.05) is 11.6 Å². The van der Waals surface area contributed by atoms with Crippen LogP contribution in [0, 0.1) is 6.92 Å². The molecule has 0 saturated heterocycles. The molecule has 4 nitrogen and oxygen atoms in total. The zero-order valence-electron chi connectivity index (χ0n) is 8.74. The van der Waals surface area contributed by atoms with Crippen LogP contribution in [0.15, 0.2) is 18.2 Å². The van der Waals surface area contributed by atoms with Gasteiger partial charge in [0.15, 0.2) is 6.29 Å². The molecule has 0 bridgehead atoms. The van der Waals surface area contributed by atoms with Gasteiger partial charge >= 0.3 is 6.09 Å². The van der Waals surface area contributed by atoms with Gasteiger partial charge < -0.3 is 4.74 Å². The summed E-state index contributed by atoms with van der Waals surface area (Å²) in [7, 11) is 0. The van der Waals surface area contributed by atoms with Gasteiger partial charge in [-0.15, -0.1) is 0 Å². The number of aldehydes is 1. The lowest BCUT2D eigenvalue weighted by Crippen LogP contribution is -2.14. The van der Waals surface area contributed by atoms with Crippen molar-refractivity contribution in [2.75, 3.05) is 11.9 Å². The van der Waals surface area contributed by atoms with Gasteiger partial charge in [0, 0.05) is 5.56 Å². The molecular formula is C11H13NO3. The molecule has 0 atom stereocenters. The van der Waals surface area contributed by atoms with E-state index in [0.29, 0.717) is 24.1 Å². The summed E-state index contributed by atoms with van der Waals surface area (Å²) < 4.78 is 4.71. The van der Waals surface area contributed by atoms with Crippen molar-refractivity contribution in [1.82, 2.24) is 0 Å². The van der Waals surface area contributed by atoms with Gasteiger partial charge in [0.25, 0.3) is 0 Å². The maximum Gasteiger partial charge on any atom is 0.411 e. The first kappa shape index (κ1) is 11.2. The summed E-state index contributed by atoms with van der Waals surface area (Å²) in [5.41, 5.74) is 1.88. The molecule has 1 N–H and O–H groups in total. The van der Waals surface area contributed by atoms with E-state index in [0.717, 1.165) is 5.56 Å². The van der Waals surface area contributed by atoms with Crippen LogP contribution in [0.4, 0.5) is 10.5 Å². The molecule has 0 spiro atoms. The second kappa shape index (κ2) is 5.14. The smallest absolute Gasteiger partial charge is 0.411 e. The predicted molar refractivity (Wildman–Crippen MR) is 57.2 cm³/mol. The topological polar surface area (TPSA) is 55.4 Å². The molecule has 0 saturated carbocycles. The van der Waals surface area contributed by atoms with Gasteiger partial charge in [0.1, 0.15) is 0 Å². The van der Waals surface area contributed by atoms with E-state index in [-0.39, 0.29) is 0 Å². The number of hydrogen-bond acceptors (Lipinski definition) is 3. The summed E-state index contributed by atoms with van der Waals surface area (Å²) in [5, 5.41) is 2.50. The Morgan fingerprint density at radius 1 is 1.53 bits per heavy atom. The third-order valence-corrected chi connectivity index (χ3v) is 1.85. The van der Waals surface area contributed by atoms with Crippen molar-refractivity contribution in [2.24, 2.45) is 0 Å². The largest absolute Gasteiger partial charge is 0.450 e. The third kappa shape index (κ3) is 3.09. The molecule has 0 radical (unpaired) electrons. The number of carbonyl (C=O) groups excluding carboxylic acids is 2. The molecule has 1 aromatic rings. The maximum atomic E-state index is 11.1. The molecule has 1 rings (SSSR count). The Morgan fingerprint density at radius 2 is 2.27 bits per heavy atom. The summed E-state index contributed by atoms with van der Waals surface area (Å²) >= 11 is 0. The fraction of sp³-hybridized carbons (Fsp3) is 0.273. The van der Waals surface area contributed by atoms with Crippen molar-refractivity contribution >= 4 is 18.1 Å². The number of carbonyl (C=O) groups is 2. The molecule has 15 heavy (non-hydrogen) atoms. The summed E-state index contributed by atoms with van der Waals surface area (Å²) in [4.78, 5) is 21.8. The Labute approximate surface area is 88.2 Å². The number of rotatable bonds is 3. The number of benzene rings is 1. The quantitative estimate of drug-likeness (QED) is 0.774. The van der Waals surface area contributed by atoms with Crippen molar-refractivity contribution in [2.45, 2.75) is 13.8 Å². The Kier molecular flexibility index (Phi) is 3.85. The average molecular weight is 207 g/mol. The van der Waals surface area contributed by atoms with E-state index in [1.807, 2.05) is 13.0 Å². The van der Waals surface area contributed by atoms with Crippen molar-refractivity contribution in [3.63, 3.8) is 0 Å². The van der Waals surface area contributed by atoms with Crippen LogP contribution in [0.2, 0.25) is 0 Å². The van der Waals surface area contributed by atoms with Gasteiger partial charge in [-0.3, -0.25) is 10.1 Å². The van der Waals surface area contributed by atoms with Crippen molar-refractivity contribution < 1.29 is 14.3 Å². The number of anilines is 1. The number of nitrogens with one attached hydrogen (secondary N) is 1. The van der Waals surface area contributed by atoms with Gasteiger partial charge in [0.2, 0.25) is 0 Å². The highest BCUT2D eigenvalue weighted by Gasteiger charge is 2.06. The van der Waals surface area contributed by atoms with Crippen LogP contribution >= 0.6 is 0 Å². The van der Waals surface area contributed by atoms with Crippen molar-refractivity contribution in [3.8, 4) is 0 Å². The molecule has 0 unspecified atom stereocenters. The van der Waals surface area contributed by atoms with E-state index in [1.165, 1.54) is 0 Å². The minimum Gasteiger partial charge on any atom is -0.450 e. The molecule has 1 amide bonds. The Balaban J connectivity index is 2.84. The minimum absolute atomic E-state index is 0.300. The number of hydrogen-bond donors (Lipinski definition) is 1. The Bertz CT molecular complexity index is 374. The monoisotopic (exact) mass is 207 g/mol. The normalized spacial score (nSPS) is 9.47. The zero-order valence-corrected chi connectivity index (χ0v) is 8.74. The third-order valence-electron chi connectivity index (χ3n) is 1.85. The van der Waals surface area contributed by atoms with Crippen molar-refractivity contribution in [1.29, 1.82) is 0 Å². The van der Waals surface area contributed by atoms with Gasteiger partial charge in [-0.2, -0.15) is 0 Å². The van der Waals surface area contributed by atoms with E-state index in [1.54, 1.807) is 19.1 Å². The number of aryl methyl sites for hydroxylation is 1. The number of ether oxygens (including phenoxy) is 1. The van der Waals surface area contributed by atoms with E-state index in [4.69, 9.17) is 4.74 Å². The van der Waals surface area contributed by atoms with E-state index >= 15 is 0 Å². The second-order valence-electron chi connectivity index (χ2n) is 3.05. The fourth-order valence-electron chi connectivity index (χ4n) is 1.17. The van der Waals surface area contributed by atoms with E-state index in [9.17, 15) is 9.59 Å². The summed E-state index contributed by atoms with van der Waals surface area (Å²) in [6.07, 6.45) is 0.152. The first-order chi connectivity index (χ1) is 7.17. The second-order valence-corrected chi connectivity index (χ2v) is 3.05. The fourth-order valence-corrected chi connectivity index (χ4v) is 1.17. The standard InChI is InChI=1S/C11H13NO3/c1-3-15-11(14)12-10-5-4-8(2)6-9(10)7-13/h4-7H,3H2,1-2H3,(H,12,14). The SMILES string of the molecule is CCOC(=O)Nc1ccc(C)cc1C=O. The molecule has 1 aromatic carbocycles. The van der Waals surface area contributed by atoms with Crippen LogP contribution in [0.5, 0.6) is 0 Å². The minimum atomic E-state index is -0.551. The van der Waals surface area contributed by atoms with Crippen LogP contribution < -0.4 is 5.32 Å². The Morgan fingerprint density at radius 3 is 2.87 bits per heavy atom. The molecule has 0 aliphatic rings. The highest BCUT2D eigenvalue weighted by atomic mass is 16.5. The van der Waals surface area contributed by atoms with Gasteiger partial charge in [-0.25, -0.2) is 4.79 Å². The molecule has 0 aliphatic carbocycles. The summed E-state index contributed by atoms with van der Waals surface area (Å²) in [6.45, 7) is 3.89. The lowest BCUT2D eigenvalue weighted by molar-refractivity contribution is 0.112. The molecule has 0 heterocycles. The maximum absolute atomic E-state index is 11.1. The van der Waals surface area contributed by atoms with Gasteiger partial charge in [-0.05, 0) is 26.0 Å². The predicted octanol–water partition coefficient (Wildman–Crippen LogP) is 2.38. The zero-order chi connectivity index (χ0) is 11.3. The number of amides is 1. The first-order valence-corrected chi connectivity index (χ1v) is 4.67. The molecule has 0 aliphatic heterocycles.